The summed E-state index contributed by atoms with van der Waals surface area (Å²) in [5.41, 5.74) is 0. The molecule has 0 radical (unpaired) electrons. The lowest BCUT2D eigenvalue weighted by atomic mass is 10.2. The maximum absolute atomic E-state index is 6.16. The van der Waals surface area contributed by atoms with E-state index in [9.17, 15) is 0 Å². The van der Waals surface area contributed by atoms with E-state index in [1.165, 1.54) is 4.88 Å². The fraction of sp³-hybridized carbons (Fsp3) is 0.500. The largest absolute Gasteiger partial charge is 0.354 e. The van der Waals surface area contributed by atoms with E-state index in [1.807, 2.05) is 0 Å². The molecule has 92 valence electrons. The maximum Gasteiger partial charge on any atom is 0.225 e. The van der Waals surface area contributed by atoms with Crippen molar-refractivity contribution in [3.05, 3.63) is 16.1 Å². The van der Waals surface area contributed by atoms with Crippen molar-refractivity contribution in [2.75, 3.05) is 11.9 Å². The number of aromatic nitrogens is 2. The smallest absolute Gasteiger partial charge is 0.225 e. The molecule has 0 aliphatic heterocycles. The van der Waals surface area contributed by atoms with Crippen molar-refractivity contribution in [2.24, 2.45) is 5.92 Å². The highest BCUT2D eigenvalue weighted by atomic mass is 35.5. The number of nitrogens with one attached hydrogen (secondary N) is 1. The summed E-state index contributed by atoms with van der Waals surface area (Å²) in [6, 6.07) is 2.08. The summed E-state index contributed by atoms with van der Waals surface area (Å²) >= 11 is 7.85. The van der Waals surface area contributed by atoms with E-state index in [0.29, 0.717) is 17.0 Å². The zero-order valence-corrected chi connectivity index (χ0v) is 11.8. The standard InChI is InChI=1S/C12H16ClN3S/c1-4-8-5-9-10(13)15-12(14-6-7(2)3)16-11(9)17-8/h5,7H,4,6H2,1-3H3,(H,14,15,16). The first-order chi connectivity index (χ1) is 8.10. The Morgan fingerprint density at radius 1 is 1.41 bits per heavy atom. The van der Waals surface area contributed by atoms with Crippen LogP contribution >= 0.6 is 22.9 Å². The minimum absolute atomic E-state index is 0.539. The normalized spacial score (nSPS) is 11.4. The minimum Gasteiger partial charge on any atom is -0.354 e. The van der Waals surface area contributed by atoms with Gasteiger partial charge in [0.15, 0.2) is 0 Å². The number of halogens is 1. The van der Waals surface area contributed by atoms with Gasteiger partial charge < -0.3 is 5.32 Å². The third-order valence-corrected chi connectivity index (χ3v) is 3.88. The Morgan fingerprint density at radius 3 is 2.82 bits per heavy atom. The van der Waals surface area contributed by atoms with Crippen LogP contribution in [0.25, 0.3) is 10.2 Å². The molecule has 0 aliphatic carbocycles. The number of rotatable bonds is 4. The predicted octanol–water partition coefficient (Wildman–Crippen LogP) is 3.98. The second-order valence-corrected chi connectivity index (χ2v) is 5.87. The molecule has 2 aromatic rings. The number of fused-ring (bicyclic) bond motifs is 1. The van der Waals surface area contributed by atoms with Crippen molar-refractivity contribution in [1.29, 1.82) is 0 Å². The van der Waals surface area contributed by atoms with Crippen molar-refractivity contribution < 1.29 is 0 Å². The van der Waals surface area contributed by atoms with Gasteiger partial charge >= 0.3 is 0 Å². The van der Waals surface area contributed by atoms with Crippen LogP contribution in [0, 0.1) is 5.92 Å². The highest BCUT2D eigenvalue weighted by Gasteiger charge is 2.09. The van der Waals surface area contributed by atoms with Gasteiger partial charge in [-0.3, -0.25) is 0 Å². The van der Waals surface area contributed by atoms with Crippen LogP contribution in [-0.2, 0) is 6.42 Å². The number of aryl methyl sites for hydroxylation is 1. The van der Waals surface area contributed by atoms with Crippen molar-refractivity contribution in [1.82, 2.24) is 9.97 Å². The average Bonchev–Trinajstić information content (AvgIpc) is 2.70. The van der Waals surface area contributed by atoms with Crippen molar-refractivity contribution in [3.8, 4) is 0 Å². The second-order valence-electron chi connectivity index (χ2n) is 4.40. The van der Waals surface area contributed by atoms with Gasteiger partial charge in [0.05, 0.1) is 0 Å². The summed E-state index contributed by atoms with van der Waals surface area (Å²) < 4.78 is 0. The van der Waals surface area contributed by atoms with Gasteiger partial charge in [-0.25, -0.2) is 9.97 Å². The molecule has 17 heavy (non-hydrogen) atoms. The summed E-state index contributed by atoms with van der Waals surface area (Å²) in [6.45, 7) is 7.28. The van der Waals surface area contributed by atoms with Crippen LogP contribution in [0.3, 0.4) is 0 Å². The van der Waals surface area contributed by atoms with Crippen LogP contribution in [0.4, 0.5) is 5.95 Å². The molecule has 2 heterocycles. The SMILES string of the molecule is CCc1cc2c(Cl)nc(NCC(C)C)nc2s1. The van der Waals surface area contributed by atoms with Crippen LogP contribution in [0.2, 0.25) is 5.15 Å². The summed E-state index contributed by atoms with van der Waals surface area (Å²) in [5.74, 6) is 1.18. The number of anilines is 1. The summed E-state index contributed by atoms with van der Waals surface area (Å²) in [7, 11) is 0. The first kappa shape index (κ1) is 12.6. The second kappa shape index (κ2) is 5.19. The molecular formula is C12H16ClN3S. The lowest BCUT2D eigenvalue weighted by molar-refractivity contribution is 0.685. The fourth-order valence-electron chi connectivity index (χ4n) is 1.49. The van der Waals surface area contributed by atoms with Gasteiger partial charge in [0.1, 0.15) is 9.98 Å². The van der Waals surface area contributed by atoms with Gasteiger partial charge in [-0.2, -0.15) is 0 Å². The molecule has 2 aromatic heterocycles. The van der Waals surface area contributed by atoms with Crippen LogP contribution in [-0.4, -0.2) is 16.5 Å². The molecule has 0 saturated heterocycles. The van der Waals surface area contributed by atoms with Gasteiger partial charge in [-0.15, -0.1) is 11.3 Å². The molecule has 3 nitrogen and oxygen atoms in total. The van der Waals surface area contributed by atoms with E-state index < -0.39 is 0 Å². The zero-order valence-electron chi connectivity index (χ0n) is 10.2. The number of nitrogens with zero attached hydrogens (tertiary/aromatic N) is 2. The number of hydrogen-bond acceptors (Lipinski definition) is 4. The van der Waals surface area contributed by atoms with E-state index in [0.717, 1.165) is 23.2 Å². The van der Waals surface area contributed by atoms with Crippen molar-refractivity contribution in [3.63, 3.8) is 0 Å². The van der Waals surface area contributed by atoms with Gasteiger partial charge in [-0.05, 0) is 18.4 Å². The van der Waals surface area contributed by atoms with E-state index >= 15 is 0 Å². The molecular weight excluding hydrogens is 254 g/mol. The van der Waals surface area contributed by atoms with Crippen LogP contribution < -0.4 is 5.32 Å². The molecule has 0 spiro atoms. The highest BCUT2D eigenvalue weighted by Crippen LogP contribution is 2.29. The average molecular weight is 270 g/mol. The molecule has 0 atom stereocenters. The third-order valence-electron chi connectivity index (χ3n) is 2.41. The molecule has 0 saturated carbocycles. The Kier molecular flexibility index (Phi) is 3.84. The quantitative estimate of drug-likeness (QED) is 0.854. The predicted molar refractivity (Wildman–Crippen MR) is 75.1 cm³/mol. The fourth-order valence-corrected chi connectivity index (χ4v) is 2.73. The molecule has 1 N–H and O–H groups in total. The molecule has 0 unspecified atom stereocenters. The summed E-state index contributed by atoms with van der Waals surface area (Å²) in [4.78, 5) is 11.0. The maximum atomic E-state index is 6.16. The summed E-state index contributed by atoms with van der Waals surface area (Å²) in [5, 5.41) is 4.71. The van der Waals surface area contributed by atoms with Gasteiger partial charge in [0.25, 0.3) is 0 Å². The molecule has 0 bridgehead atoms. The Morgan fingerprint density at radius 2 is 2.18 bits per heavy atom. The topological polar surface area (TPSA) is 37.8 Å². The first-order valence-corrected chi connectivity index (χ1v) is 6.99. The van der Waals surface area contributed by atoms with E-state index in [-0.39, 0.29) is 0 Å². The third kappa shape index (κ3) is 2.87. The Balaban J connectivity index is 2.33. The van der Waals surface area contributed by atoms with Gasteiger partial charge in [-0.1, -0.05) is 32.4 Å². The molecule has 0 amide bonds. The first-order valence-electron chi connectivity index (χ1n) is 5.80. The Labute approximate surface area is 110 Å². The molecule has 5 heteroatoms. The van der Waals surface area contributed by atoms with Crippen molar-refractivity contribution >= 4 is 39.1 Å². The monoisotopic (exact) mass is 269 g/mol. The molecule has 0 fully saturated rings. The van der Waals surface area contributed by atoms with Crippen molar-refractivity contribution in [2.45, 2.75) is 27.2 Å². The van der Waals surface area contributed by atoms with Gasteiger partial charge in [0.2, 0.25) is 5.95 Å². The summed E-state index contributed by atoms with van der Waals surface area (Å²) in [6.07, 6.45) is 1.01. The number of hydrogen-bond donors (Lipinski definition) is 1. The van der Waals surface area contributed by atoms with Crippen LogP contribution in [0.1, 0.15) is 25.6 Å². The molecule has 2 rings (SSSR count). The lowest BCUT2D eigenvalue weighted by Gasteiger charge is -2.07. The van der Waals surface area contributed by atoms with E-state index in [4.69, 9.17) is 11.6 Å². The van der Waals surface area contributed by atoms with Crippen LogP contribution in [0.15, 0.2) is 6.07 Å². The van der Waals surface area contributed by atoms with Gasteiger partial charge in [0, 0.05) is 16.8 Å². The lowest BCUT2D eigenvalue weighted by Crippen LogP contribution is -2.10. The Bertz CT molecular complexity index is 522. The molecule has 0 aliphatic rings. The van der Waals surface area contributed by atoms with E-state index in [2.05, 4.69) is 42.1 Å². The zero-order chi connectivity index (χ0) is 12.4. The van der Waals surface area contributed by atoms with Crippen LogP contribution in [0.5, 0.6) is 0 Å². The molecule has 0 aromatic carbocycles. The minimum atomic E-state index is 0.539. The Hall–Kier alpha value is -0.870. The highest BCUT2D eigenvalue weighted by molar-refractivity contribution is 7.18. The van der Waals surface area contributed by atoms with E-state index in [1.54, 1.807) is 11.3 Å². The number of thiophene rings is 1.